The maximum absolute atomic E-state index is 5.95. The van der Waals surface area contributed by atoms with E-state index in [1.54, 1.807) is 4.68 Å². The van der Waals surface area contributed by atoms with Crippen molar-refractivity contribution in [3.63, 3.8) is 0 Å². The van der Waals surface area contributed by atoms with Crippen molar-refractivity contribution in [1.82, 2.24) is 9.78 Å². The largest absolute Gasteiger partial charge is 0.394 e. The Hall–Kier alpha value is -1.27. The molecule has 0 bridgehead atoms. The molecule has 1 aromatic heterocycles. The van der Waals surface area contributed by atoms with Gasteiger partial charge in [-0.15, -0.1) is 0 Å². The third-order valence-corrected chi connectivity index (χ3v) is 3.37. The van der Waals surface area contributed by atoms with E-state index in [9.17, 15) is 0 Å². The normalized spacial score (nSPS) is 23.5. The summed E-state index contributed by atoms with van der Waals surface area (Å²) in [5.41, 5.74) is 6.66. The lowest BCUT2D eigenvalue weighted by Crippen LogP contribution is -2.49. The summed E-state index contributed by atoms with van der Waals surface area (Å²) in [6.07, 6.45) is 3.82. The second kappa shape index (κ2) is 3.89. The molecule has 94 valence electrons. The molecule has 0 unspecified atom stereocenters. The van der Waals surface area contributed by atoms with E-state index in [2.05, 4.69) is 10.00 Å². The molecule has 2 N–H and O–H groups in total. The minimum Gasteiger partial charge on any atom is -0.394 e. The van der Waals surface area contributed by atoms with Gasteiger partial charge in [-0.2, -0.15) is 5.10 Å². The summed E-state index contributed by atoms with van der Waals surface area (Å²) >= 11 is 0. The van der Waals surface area contributed by atoms with Gasteiger partial charge in [-0.25, -0.2) is 0 Å². The van der Waals surface area contributed by atoms with Crippen LogP contribution in [-0.4, -0.2) is 41.9 Å². The number of piperidine rings is 1. The molecule has 3 heterocycles. The van der Waals surface area contributed by atoms with E-state index >= 15 is 0 Å². The predicted octanol–water partition coefficient (Wildman–Crippen LogP) is 0.346. The molecule has 2 saturated heterocycles. The molecule has 0 amide bonds. The molecule has 6 nitrogen and oxygen atoms in total. The molecule has 2 fully saturated rings. The quantitative estimate of drug-likeness (QED) is 0.764. The van der Waals surface area contributed by atoms with Gasteiger partial charge < -0.3 is 20.1 Å². The monoisotopic (exact) mass is 238 g/mol. The second-order valence-electron chi connectivity index (χ2n) is 4.71. The van der Waals surface area contributed by atoms with E-state index in [1.165, 1.54) is 0 Å². The topological polar surface area (TPSA) is 65.5 Å². The first-order valence-electron chi connectivity index (χ1n) is 6.01. The van der Waals surface area contributed by atoms with Gasteiger partial charge in [-0.05, 0) is 6.42 Å². The lowest BCUT2D eigenvalue weighted by atomic mass is 10.0. The maximum Gasteiger partial charge on any atom is 0.186 e. The summed E-state index contributed by atoms with van der Waals surface area (Å²) in [6.45, 7) is 3.04. The van der Waals surface area contributed by atoms with E-state index in [-0.39, 0.29) is 0 Å². The fourth-order valence-corrected chi connectivity index (χ4v) is 2.64. The molecule has 0 aromatic carbocycles. The first kappa shape index (κ1) is 10.9. The Labute approximate surface area is 100 Å². The molecule has 0 radical (unpaired) electrons. The average molecular weight is 238 g/mol. The van der Waals surface area contributed by atoms with Gasteiger partial charge in [0.2, 0.25) is 0 Å². The SMILES string of the molecule is Cn1cc(N)c(N2CCCC3(C2)OCCO3)n1. The number of hydrogen-bond acceptors (Lipinski definition) is 5. The van der Waals surface area contributed by atoms with Crippen LogP contribution in [0.15, 0.2) is 6.20 Å². The van der Waals surface area contributed by atoms with E-state index < -0.39 is 5.79 Å². The van der Waals surface area contributed by atoms with Crippen LogP contribution in [0.4, 0.5) is 11.5 Å². The van der Waals surface area contributed by atoms with Gasteiger partial charge in [-0.1, -0.05) is 0 Å². The number of aryl methyl sites for hydroxylation is 1. The van der Waals surface area contributed by atoms with E-state index in [4.69, 9.17) is 15.2 Å². The van der Waals surface area contributed by atoms with Gasteiger partial charge in [0.1, 0.15) is 0 Å². The number of nitrogens with zero attached hydrogens (tertiary/aromatic N) is 3. The number of nitrogen functional groups attached to an aromatic ring is 1. The third kappa shape index (κ3) is 1.87. The summed E-state index contributed by atoms with van der Waals surface area (Å²) in [7, 11) is 1.88. The summed E-state index contributed by atoms with van der Waals surface area (Å²) in [6, 6.07) is 0. The summed E-state index contributed by atoms with van der Waals surface area (Å²) in [5, 5.41) is 4.39. The van der Waals surface area contributed by atoms with Crippen molar-refractivity contribution >= 4 is 11.5 Å². The minimum atomic E-state index is -0.428. The number of aromatic nitrogens is 2. The lowest BCUT2D eigenvalue weighted by Gasteiger charge is -2.38. The third-order valence-electron chi connectivity index (χ3n) is 3.37. The number of nitrogens with two attached hydrogens (primary N) is 1. The Balaban J connectivity index is 1.82. The van der Waals surface area contributed by atoms with Crippen molar-refractivity contribution in [3.8, 4) is 0 Å². The highest BCUT2D eigenvalue weighted by molar-refractivity contribution is 5.62. The molecule has 6 heteroatoms. The molecule has 1 spiro atoms. The van der Waals surface area contributed by atoms with Crippen LogP contribution in [0.25, 0.3) is 0 Å². The van der Waals surface area contributed by atoms with Crippen molar-refractivity contribution in [1.29, 1.82) is 0 Å². The molecule has 2 aliphatic heterocycles. The highest BCUT2D eigenvalue weighted by Crippen LogP contribution is 2.33. The number of rotatable bonds is 1. The first-order valence-corrected chi connectivity index (χ1v) is 6.01. The van der Waals surface area contributed by atoms with Crippen LogP contribution < -0.4 is 10.6 Å². The highest BCUT2D eigenvalue weighted by Gasteiger charge is 2.41. The zero-order chi connectivity index (χ0) is 11.9. The average Bonchev–Trinajstić information content (AvgIpc) is 2.86. The molecule has 1 aromatic rings. The molecule has 0 aliphatic carbocycles. The van der Waals surface area contributed by atoms with Crippen LogP contribution in [0.1, 0.15) is 12.8 Å². The molecule has 0 saturated carbocycles. The van der Waals surface area contributed by atoms with Gasteiger partial charge in [0.25, 0.3) is 0 Å². The zero-order valence-corrected chi connectivity index (χ0v) is 10.1. The maximum atomic E-state index is 5.95. The van der Waals surface area contributed by atoms with Crippen LogP contribution in [-0.2, 0) is 16.5 Å². The summed E-state index contributed by atoms with van der Waals surface area (Å²) in [5.74, 6) is 0.410. The Bertz CT molecular complexity index is 412. The Morgan fingerprint density at radius 2 is 2.18 bits per heavy atom. The lowest BCUT2D eigenvalue weighted by molar-refractivity contribution is -0.161. The van der Waals surface area contributed by atoms with Crippen molar-refractivity contribution in [3.05, 3.63) is 6.20 Å². The van der Waals surface area contributed by atoms with E-state index in [0.29, 0.717) is 25.4 Å². The minimum absolute atomic E-state index is 0.428. The fourth-order valence-electron chi connectivity index (χ4n) is 2.64. The molecule has 0 atom stereocenters. The number of hydrogen-bond donors (Lipinski definition) is 1. The number of ether oxygens (including phenoxy) is 2. The number of anilines is 2. The zero-order valence-electron chi connectivity index (χ0n) is 10.1. The van der Waals surface area contributed by atoms with Crippen molar-refractivity contribution in [2.75, 3.05) is 36.9 Å². The second-order valence-corrected chi connectivity index (χ2v) is 4.71. The molecular weight excluding hydrogens is 220 g/mol. The summed E-state index contributed by atoms with van der Waals surface area (Å²) in [4.78, 5) is 2.16. The molecule has 17 heavy (non-hydrogen) atoms. The van der Waals surface area contributed by atoms with Crippen LogP contribution in [0.2, 0.25) is 0 Å². The van der Waals surface area contributed by atoms with Gasteiger partial charge in [-0.3, -0.25) is 4.68 Å². The van der Waals surface area contributed by atoms with Crippen LogP contribution in [0.3, 0.4) is 0 Å². The van der Waals surface area contributed by atoms with Gasteiger partial charge in [0.15, 0.2) is 11.6 Å². The Morgan fingerprint density at radius 1 is 1.41 bits per heavy atom. The van der Waals surface area contributed by atoms with Gasteiger partial charge in [0, 0.05) is 26.2 Å². The van der Waals surface area contributed by atoms with Gasteiger partial charge >= 0.3 is 0 Å². The fraction of sp³-hybridized carbons (Fsp3) is 0.727. The van der Waals surface area contributed by atoms with E-state index in [1.807, 2.05) is 13.2 Å². The standard InChI is InChI=1S/C11H18N4O2/c1-14-7-9(12)10(13-14)15-4-2-3-11(8-15)16-5-6-17-11/h7H,2-6,8,12H2,1H3. The Morgan fingerprint density at radius 3 is 2.82 bits per heavy atom. The first-order chi connectivity index (χ1) is 8.19. The smallest absolute Gasteiger partial charge is 0.186 e. The summed E-state index contributed by atoms with van der Waals surface area (Å²) < 4.78 is 13.2. The molecule has 2 aliphatic rings. The van der Waals surface area contributed by atoms with Crippen LogP contribution in [0, 0.1) is 0 Å². The van der Waals surface area contributed by atoms with Crippen LogP contribution >= 0.6 is 0 Å². The predicted molar refractivity (Wildman–Crippen MR) is 63.7 cm³/mol. The highest BCUT2D eigenvalue weighted by atomic mass is 16.7. The van der Waals surface area contributed by atoms with Crippen molar-refractivity contribution < 1.29 is 9.47 Å². The Kier molecular flexibility index (Phi) is 2.48. The van der Waals surface area contributed by atoms with Crippen molar-refractivity contribution in [2.45, 2.75) is 18.6 Å². The van der Waals surface area contributed by atoms with Gasteiger partial charge in [0.05, 0.1) is 25.4 Å². The van der Waals surface area contributed by atoms with E-state index in [0.717, 1.165) is 25.2 Å². The molecular formula is C11H18N4O2. The van der Waals surface area contributed by atoms with Crippen molar-refractivity contribution in [2.24, 2.45) is 7.05 Å². The van der Waals surface area contributed by atoms with Crippen LogP contribution in [0.5, 0.6) is 0 Å². The molecule has 3 rings (SSSR count).